The lowest BCUT2D eigenvalue weighted by Crippen LogP contribution is -2.00. The fraction of sp³-hybridized carbons (Fsp3) is 0. The second kappa shape index (κ2) is 2.45. The molecule has 3 heterocycles. The Bertz CT molecular complexity index is 666. The zero-order valence-corrected chi connectivity index (χ0v) is 7.15. The average molecular weight is 186 g/mol. The van der Waals surface area contributed by atoms with Crippen LogP contribution < -0.4 is 5.43 Å². The fourth-order valence-corrected chi connectivity index (χ4v) is 1.48. The van der Waals surface area contributed by atoms with E-state index in [0.29, 0.717) is 16.6 Å². The van der Waals surface area contributed by atoms with Gasteiger partial charge in [-0.25, -0.2) is 4.98 Å². The number of aromatic amines is 1. The highest BCUT2D eigenvalue weighted by Crippen LogP contribution is 2.16. The standard InChI is InChI=1S/C10H6N2O2/c13-8-1-3-11-10-6(8)5-9-7(12-10)2-4-14-9/h1-5H,(H,11,12,13). The third-order valence-corrected chi connectivity index (χ3v) is 2.16. The number of rotatable bonds is 0. The Balaban J connectivity index is 2.63. The van der Waals surface area contributed by atoms with Gasteiger partial charge in [-0.2, -0.15) is 0 Å². The normalized spacial score (nSPS) is 11.1. The number of hydrogen-bond donors (Lipinski definition) is 1. The van der Waals surface area contributed by atoms with Gasteiger partial charge in [-0.1, -0.05) is 0 Å². The number of furan rings is 1. The number of fused-ring (bicyclic) bond motifs is 2. The van der Waals surface area contributed by atoms with Crippen molar-refractivity contribution in [1.29, 1.82) is 0 Å². The first-order valence-electron chi connectivity index (χ1n) is 4.20. The molecule has 4 nitrogen and oxygen atoms in total. The molecular formula is C10H6N2O2. The Morgan fingerprint density at radius 1 is 1.36 bits per heavy atom. The van der Waals surface area contributed by atoms with Crippen LogP contribution in [0.2, 0.25) is 0 Å². The third-order valence-electron chi connectivity index (χ3n) is 2.16. The number of hydrogen-bond acceptors (Lipinski definition) is 3. The van der Waals surface area contributed by atoms with Crippen LogP contribution >= 0.6 is 0 Å². The Hall–Kier alpha value is -2.10. The van der Waals surface area contributed by atoms with E-state index >= 15 is 0 Å². The van der Waals surface area contributed by atoms with Crippen LogP contribution in [0.15, 0.2) is 39.9 Å². The summed E-state index contributed by atoms with van der Waals surface area (Å²) in [4.78, 5) is 18.6. The van der Waals surface area contributed by atoms with Gasteiger partial charge in [0.05, 0.1) is 11.6 Å². The lowest BCUT2D eigenvalue weighted by Gasteiger charge is -1.94. The first kappa shape index (κ1) is 7.32. The Morgan fingerprint density at radius 2 is 2.29 bits per heavy atom. The molecular weight excluding hydrogens is 180 g/mol. The Labute approximate surface area is 78.2 Å². The lowest BCUT2D eigenvalue weighted by molar-refractivity contribution is 0.616. The van der Waals surface area contributed by atoms with E-state index in [4.69, 9.17) is 4.42 Å². The van der Waals surface area contributed by atoms with Gasteiger partial charge in [0.1, 0.15) is 11.2 Å². The molecule has 0 aliphatic heterocycles. The molecule has 0 radical (unpaired) electrons. The van der Waals surface area contributed by atoms with E-state index in [-0.39, 0.29) is 5.43 Å². The average Bonchev–Trinajstić information content (AvgIpc) is 2.62. The van der Waals surface area contributed by atoms with Crippen LogP contribution in [-0.4, -0.2) is 9.97 Å². The summed E-state index contributed by atoms with van der Waals surface area (Å²) in [7, 11) is 0. The first-order valence-corrected chi connectivity index (χ1v) is 4.20. The summed E-state index contributed by atoms with van der Waals surface area (Å²) in [5, 5.41) is 0.551. The zero-order chi connectivity index (χ0) is 9.54. The highest BCUT2D eigenvalue weighted by atomic mass is 16.3. The van der Waals surface area contributed by atoms with E-state index in [1.165, 1.54) is 6.07 Å². The van der Waals surface area contributed by atoms with Crippen LogP contribution in [0.5, 0.6) is 0 Å². The molecule has 0 saturated heterocycles. The van der Waals surface area contributed by atoms with Gasteiger partial charge in [-0.15, -0.1) is 0 Å². The van der Waals surface area contributed by atoms with E-state index in [1.807, 2.05) is 0 Å². The van der Waals surface area contributed by atoms with Gasteiger partial charge in [-0.3, -0.25) is 4.79 Å². The maximum Gasteiger partial charge on any atom is 0.191 e. The van der Waals surface area contributed by atoms with Crippen molar-refractivity contribution >= 4 is 22.1 Å². The lowest BCUT2D eigenvalue weighted by atomic mass is 10.2. The van der Waals surface area contributed by atoms with Crippen molar-refractivity contribution in [3.63, 3.8) is 0 Å². The summed E-state index contributed by atoms with van der Waals surface area (Å²) in [5.41, 5.74) is 1.92. The van der Waals surface area contributed by atoms with Crippen LogP contribution in [0.1, 0.15) is 0 Å². The Morgan fingerprint density at radius 3 is 3.21 bits per heavy atom. The van der Waals surface area contributed by atoms with Crippen molar-refractivity contribution in [3.05, 3.63) is 40.9 Å². The van der Waals surface area contributed by atoms with Crippen molar-refractivity contribution in [2.45, 2.75) is 0 Å². The number of pyridine rings is 2. The zero-order valence-electron chi connectivity index (χ0n) is 7.15. The van der Waals surface area contributed by atoms with Crippen LogP contribution in [0.4, 0.5) is 0 Å². The molecule has 0 unspecified atom stereocenters. The third kappa shape index (κ3) is 0.877. The molecule has 1 N–H and O–H groups in total. The van der Waals surface area contributed by atoms with Crippen LogP contribution in [0.3, 0.4) is 0 Å². The van der Waals surface area contributed by atoms with Crippen molar-refractivity contribution in [1.82, 2.24) is 9.97 Å². The van der Waals surface area contributed by atoms with Crippen molar-refractivity contribution in [2.75, 3.05) is 0 Å². The van der Waals surface area contributed by atoms with E-state index in [0.717, 1.165) is 5.52 Å². The number of H-pyrrole nitrogens is 1. The fourth-order valence-electron chi connectivity index (χ4n) is 1.48. The molecule has 4 heteroatoms. The minimum absolute atomic E-state index is 0.0513. The van der Waals surface area contributed by atoms with E-state index in [9.17, 15) is 4.79 Å². The van der Waals surface area contributed by atoms with Crippen LogP contribution in [0, 0.1) is 0 Å². The maximum atomic E-state index is 11.4. The summed E-state index contributed by atoms with van der Waals surface area (Å²) in [6, 6.07) is 4.94. The summed E-state index contributed by atoms with van der Waals surface area (Å²) in [5.74, 6) is 0. The SMILES string of the molecule is O=c1cc[nH]c2nc3ccoc3cc12. The highest BCUT2D eigenvalue weighted by molar-refractivity contribution is 5.87. The van der Waals surface area contributed by atoms with Crippen LogP contribution in [0.25, 0.3) is 22.1 Å². The van der Waals surface area contributed by atoms with Crippen molar-refractivity contribution < 1.29 is 4.42 Å². The molecule has 0 amide bonds. The molecule has 0 aliphatic rings. The monoisotopic (exact) mass is 186 g/mol. The van der Waals surface area contributed by atoms with E-state index in [2.05, 4.69) is 9.97 Å². The maximum absolute atomic E-state index is 11.4. The van der Waals surface area contributed by atoms with Gasteiger partial charge in [-0.05, 0) is 6.07 Å². The van der Waals surface area contributed by atoms with E-state index in [1.54, 1.807) is 24.6 Å². The van der Waals surface area contributed by atoms with Crippen molar-refractivity contribution in [2.24, 2.45) is 0 Å². The Kier molecular flexibility index (Phi) is 1.28. The quantitative estimate of drug-likeness (QED) is 0.581. The van der Waals surface area contributed by atoms with Gasteiger partial charge >= 0.3 is 0 Å². The van der Waals surface area contributed by atoms with Gasteiger partial charge < -0.3 is 9.40 Å². The number of nitrogens with one attached hydrogen (secondary N) is 1. The highest BCUT2D eigenvalue weighted by Gasteiger charge is 2.03. The molecule has 3 aromatic rings. The predicted molar refractivity (Wildman–Crippen MR) is 52.1 cm³/mol. The number of aromatic nitrogens is 2. The summed E-state index contributed by atoms with van der Waals surface area (Å²) >= 11 is 0. The molecule has 3 rings (SSSR count). The molecule has 0 fully saturated rings. The predicted octanol–water partition coefficient (Wildman–Crippen LogP) is 1.67. The van der Waals surface area contributed by atoms with Gasteiger partial charge in [0.15, 0.2) is 11.0 Å². The van der Waals surface area contributed by atoms with Crippen molar-refractivity contribution in [3.8, 4) is 0 Å². The molecule has 68 valence electrons. The second-order valence-corrected chi connectivity index (χ2v) is 3.03. The molecule has 14 heavy (non-hydrogen) atoms. The number of nitrogens with zero attached hydrogens (tertiary/aromatic N) is 1. The van der Waals surface area contributed by atoms with E-state index < -0.39 is 0 Å². The summed E-state index contributed by atoms with van der Waals surface area (Å²) < 4.78 is 5.17. The summed E-state index contributed by atoms with van der Waals surface area (Å²) in [6.45, 7) is 0. The van der Waals surface area contributed by atoms with Gasteiger partial charge in [0.2, 0.25) is 0 Å². The molecule has 0 aliphatic carbocycles. The smallest absolute Gasteiger partial charge is 0.191 e. The first-order chi connectivity index (χ1) is 6.84. The van der Waals surface area contributed by atoms with Gasteiger partial charge in [0, 0.05) is 18.3 Å². The molecule has 3 aromatic heterocycles. The van der Waals surface area contributed by atoms with Gasteiger partial charge in [0.25, 0.3) is 0 Å². The minimum Gasteiger partial charge on any atom is -0.463 e. The molecule has 0 aromatic carbocycles. The molecule has 0 bridgehead atoms. The second-order valence-electron chi connectivity index (χ2n) is 3.03. The molecule has 0 spiro atoms. The topological polar surface area (TPSA) is 58.9 Å². The largest absolute Gasteiger partial charge is 0.463 e. The van der Waals surface area contributed by atoms with Crippen LogP contribution in [-0.2, 0) is 0 Å². The molecule has 0 atom stereocenters. The summed E-state index contributed by atoms with van der Waals surface area (Å²) in [6.07, 6.45) is 3.14. The molecule has 0 saturated carbocycles. The minimum atomic E-state index is -0.0513.